The van der Waals surface area contributed by atoms with Gasteiger partial charge in [0.15, 0.2) is 0 Å². The number of phosphoric ester groups is 1. The molecule has 39 heavy (non-hydrogen) atoms. The second kappa shape index (κ2) is 20.6. The number of ketones is 1. The zero-order chi connectivity index (χ0) is 29.0. The Labute approximate surface area is 238 Å². The summed E-state index contributed by atoms with van der Waals surface area (Å²) in [4.78, 5) is 21.9. The van der Waals surface area contributed by atoms with Crippen LogP contribution >= 0.6 is 7.82 Å². The molecule has 0 aliphatic heterocycles. The van der Waals surface area contributed by atoms with Crippen LogP contribution in [0.5, 0.6) is 5.75 Å². The maximum absolute atomic E-state index is 12.3. The molecule has 1 aromatic carbocycles. The first kappa shape index (κ1) is 35.8. The largest absolute Gasteiger partial charge is 0.494 e. The molecule has 0 amide bonds. The van der Waals surface area contributed by atoms with E-state index in [1.165, 1.54) is 64.7 Å². The van der Waals surface area contributed by atoms with Crippen molar-refractivity contribution in [1.82, 2.24) is 0 Å². The second-order valence-electron chi connectivity index (χ2n) is 12.0. The van der Waals surface area contributed by atoms with E-state index in [1.54, 1.807) is 0 Å². The van der Waals surface area contributed by atoms with E-state index < -0.39 is 7.82 Å². The van der Waals surface area contributed by atoms with E-state index in [-0.39, 0.29) is 31.3 Å². The molecule has 2 unspecified atom stereocenters. The zero-order valence-corrected chi connectivity index (χ0v) is 26.4. The Bertz CT molecular complexity index is 808. The number of unbranched alkanes of at least 4 members (excludes halogenated alkanes) is 10. The van der Waals surface area contributed by atoms with Gasteiger partial charge in [-0.25, -0.2) is 4.57 Å². The van der Waals surface area contributed by atoms with Crippen LogP contribution in [0.25, 0.3) is 0 Å². The van der Waals surface area contributed by atoms with E-state index in [9.17, 15) is 14.3 Å². The molecule has 0 saturated carbocycles. The number of phosphoric acid groups is 1. The van der Waals surface area contributed by atoms with Crippen molar-refractivity contribution in [3.05, 3.63) is 29.8 Å². The standard InChI is InChI=1S/C31H56NO6P/c1-6-7-8-9-10-11-12-13-14-16-23-36-31-20-18-29(19-21-31)26-30(25-28(2)33)27-38-39(34,35)37-24-17-15-22-32(3,4)5/h18-21,30H,6-17,22-27H2,1-5H3/p+1. The number of hydrogen-bond donors (Lipinski definition) is 1. The quantitative estimate of drug-likeness (QED) is 0.0735. The van der Waals surface area contributed by atoms with E-state index in [2.05, 4.69) is 28.1 Å². The molecule has 0 bridgehead atoms. The summed E-state index contributed by atoms with van der Waals surface area (Å²) < 4.78 is 29.5. The summed E-state index contributed by atoms with van der Waals surface area (Å²) in [6, 6.07) is 7.88. The number of carbonyl (C=O) groups is 1. The maximum Gasteiger partial charge on any atom is 0.472 e. The van der Waals surface area contributed by atoms with Crippen LogP contribution in [0.15, 0.2) is 24.3 Å². The summed E-state index contributed by atoms with van der Waals surface area (Å²) in [5.74, 6) is 0.657. The van der Waals surface area contributed by atoms with E-state index in [1.807, 2.05) is 24.3 Å². The van der Waals surface area contributed by atoms with E-state index in [0.717, 1.165) is 41.8 Å². The van der Waals surface area contributed by atoms with Crippen LogP contribution in [-0.4, -0.2) is 62.7 Å². The van der Waals surface area contributed by atoms with Gasteiger partial charge in [-0.15, -0.1) is 0 Å². The van der Waals surface area contributed by atoms with E-state index in [4.69, 9.17) is 13.8 Å². The summed E-state index contributed by atoms with van der Waals surface area (Å²) in [6.45, 7) is 5.63. The predicted octanol–water partition coefficient (Wildman–Crippen LogP) is 7.74. The van der Waals surface area contributed by atoms with Gasteiger partial charge in [-0.2, -0.15) is 0 Å². The van der Waals surface area contributed by atoms with Crippen LogP contribution in [0, 0.1) is 5.92 Å². The van der Waals surface area contributed by atoms with Crippen LogP contribution in [0.1, 0.15) is 103 Å². The van der Waals surface area contributed by atoms with E-state index in [0.29, 0.717) is 12.8 Å². The molecule has 1 rings (SSSR count). The summed E-state index contributed by atoms with van der Waals surface area (Å²) >= 11 is 0. The number of ether oxygens (including phenoxy) is 1. The highest BCUT2D eigenvalue weighted by molar-refractivity contribution is 7.47. The lowest BCUT2D eigenvalue weighted by Gasteiger charge is -2.23. The summed E-state index contributed by atoms with van der Waals surface area (Å²) in [6.07, 6.45) is 15.4. The monoisotopic (exact) mass is 570 g/mol. The fourth-order valence-electron chi connectivity index (χ4n) is 4.54. The van der Waals surface area contributed by atoms with Gasteiger partial charge < -0.3 is 18.9 Å². The molecule has 0 spiro atoms. The van der Waals surface area contributed by atoms with Crippen molar-refractivity contribution < 1.29 is 32.5 Å². The predicted molar refractivity (Wildman–Crippen MR) is 160 cm³/mol. The molecule has 2 atom stereocenters. The molecular formula is C31H57NO6P+. The molecule has 0 heterocycles. The molecule has 0 saturated heterocycles. The Kier molecular flexibility index (Phi) is 18.9. The van der Waals surface area contributed by atoms with Gasteiger partial charge in [0.25, 0.3) is 0 Å². The third-order valence-electron chi connectivity index (χ3n) is 6.74. The summed E-state index contributed by atoms with van der Waals surface area (Å²) in [5.41, 5.74) is 1.03. The average molecular weight is 571 g/mol. The van der Waals surface area contributed by atoms with Gasteiger partial charge in [-0.1, -0.05) is 76.8 Å². The van der Waals surface area contributed by atoms with Crippen molar-refractivity contribution in [2.45, 2.75) is 104 Å². The number of rotatable bonds is 25. The van der Waals surface area contributed by atoms with Crippen LogP contribution in [0.4, 0.5) is 0 Å². The van der Waals surface area contributed by atoms with Crippen molar-refractivity contribution in [2.24, 2.45) is 5.92 Å². The van der Waals surface area contributed by atoms with Gasteiger partial charge in [0.2, 0.25) is 0 Å². The SMILES string of the molecule is CCCCCCCCCCCCOc1ccc(CC(COP(=O)(O)OCCCC[N+](C)(C)C)CC(C)=O)cc1. The molecule has 1 N–H and O–H groups in total. The average Bonchev–Trinajstić information content (AvgIpc) is 2.85. The summed E-state index contributed by atoms with van der Waals surface area (Å²) in [5, 5.41) is 0. The number of carbonyl (C=O) groups excluding carboxylic acids is 1. The lowest BCUT2D eigenvalue weighted by molar-refractivity contribution is -0.870. The molecule has 0 radical (unpaired) electrons. The number of hydrogen-bond acceptors (Lipinski definition) is 5. The fraction of sp³-hybridized carbons (Fsp3) is 0.774. The molecule has 8 heteroatoms. The minimum Gasteiger partial charge on any atom is -0.494 e. The van der Waals surface area contributed by atoms with Crippen molar-refractivity contribution in [3.63, 3.8) is 0 Å². The second-order valence-corrected chi connectivity index (χ2v) is 13.4. The van der Waals surface area contributed by atoms with Crippen molar-refractivity contribution >= 4 is 13.6 Å². The van der Waals surface area contributed by atoms with Crippen LogP contribution in [0.2, 0.25) is 0 Å². The number of quaternary nitrogens is 1. The molecule has 0 aliphatic carbocycles. The van der Waals surface area contributed by atoms with Gasteiger partial charge in [-0.3, -0.25) is 9.05 Å². The molecular weight excluding hydrogens is 513 g/mol. The van der Waals surface area contributed by atoms with Crippen molar-refractivity contribution in [1.29, 1.82) is 0 Å². The Hall–Kier alpha value is -1.24. The third kappa shape index (κ3) is 21.2. The van der Waals surface area contributed by atoms with Crippen LogP contribution < -0.4 is 4.74 Å². The minimum absolute atomic E-state index is 0.0107. The molecule has 0 fully saturated rings. The smallest absolute Gasteiger partial charge is 0.472 e. The molecule has 1 aromatic rings. The zero-order valence-electron chi connectivity index (χ0n) is 25.5. The lowest BCUT2D eigenvalue weighted by Crippen LogP contribution is -2.35. The van der Waals surface area contributed by atoms with Crippen LogP contribution in [-0.2, 0) is 24.8 Å². The topological polar surface area (TPSA) is 82.1 Å². The number of Topliss-reactive ketones (excluding diaryl/α,β-unsaturated/α-hetero) is 1. The third-order valence-corrected chi connectivity index (χ3v) is 7.73. The fourth-order valence-corrected chi connectivity index (χ4v) is 5.37. The van der Waals surface area contributed by atoms with E-state index >= 15 is 0 Å². The van der Waals surface area contributed by atoms with Gasteiger partial charge in [0.05, 0.1) is 47.5 Å². The Morgan fingerprint density at radius 3 is 1.97 bits per heavy atom. The lowest BCUT2D eigenvalue weighted by atomic mass is 9.95. The Balaban J connectivity index is 2.32. The normalized spacial score (nSPS) is 14.2. The molecule has 0 aromatic heterocycles. The Morgan fingerprint density at radius 1 is 0.846 bits per heavy atom. The maximum atomic E-state index is 12.3. The van der Waals surface area contributed by atoms with Gasteiger partial charge in [0, 0.05) is 6.42 Å². The first-order valence-corrected chi connectivity index (χ1v) is 16.6. The highest BCUT2D eigenvalue weighted by Crippen LogP contribution is 2.44. The highest BCUT2D eigenvalue weighted by atomic mass is 31.2. The first-order valence-electron chi connectivity index (χ1n) is 15.1. The van der Waals surface area contributed by atoms with Crippen molar-refractivity contribution in [3.8, 4) is 5.75 Å². The minimum atomic E-state index is -4.15. The molecule has 7 nitrogen and oxygen atoms in total. The Morgan fingerprint density at radius 2 is 1.41 bits per heavy atom. The van der Waals surface area contributed by atoms with Gasteiger partial charge in [0.1, 0.15) is 11.5 Å². The highest BCUT2D eigenvalue weighted by Gasteiger charge is 2.24. The summed E-state index contributed by atoms with van der Waals surface area (Å²) in [7, 11) is 2.17. The van der Waals surface area contributed by atoms with Gasteiger partial charge in [-0.05, 0) is 56.2 Å². The molecule has 226 valence electrons. The van der Waals surface area contributed by atoms with Crippen LogP contribution in [0.3, 0.4) is 0 Å². The molecule has 0 aliphatic rings. The first-order chi connectivity index (χ1) is 18.5. The van der Waals surface area contributed by atoms with Gasteiger partial charge >= 0.3 is 7.82 Å². The van der Waals surface area contributed by atoms with Crippen molar-refractivity contribution in [2.75, 3.05) is 47.5 Å². The number of benzene rings is 1. The number of nitrogens with zero attached hydrogens (tertiary/aromatic N) is 1.